The van der Waals surface area contributed by atoms with Crippen molar-refractivity contribution >= 4 is 29.9 Å². The number of benzene rings is 1. The highest BCUT2D eigenvalue weighted by Crippen LogP contribution is 2.19. The predicted molar refractivity (Wildman–Crippen MR) is 91.6 cm³/mol. The number of amides is 1. The topological polar surface area (TPSA) is 63.1 Å². The fraction of sp³-hybridized carbons (Fsp3) is 0.400. The third kappa shape index (κ3) is 3.83. The summed E-state index contributed by atoms with van der Waals surface area (Å²) in [6.45, 7) is 1.46. The maximum Gasteiger partial charge on any atom is 0.276 e. The van der Waals surface area contributed by atoms with E-state index in [2.05, 4.69) is 15.6 Å². The fourth-order valence-corrected chi connectivity index (χ4v) is 2.90. The first-order valence-corrected chi connectivity index (χ1v) is 7.70. The summed E-state index contributed by atoms with van der Waals surface area (Å²) in [5.74, 6) is -0.0850. The molecule has 0 spiro atoms. The van der Waals surface area contributed by atoms with Gasteiger partial charge in [-0.05, 0) is 32.0 Å². The van der Waals surface area contributed by atoms with Crippen LogP contribution in [0.5, 0.6) is 0 Å². The van der Waals surface area contributed by atoms with Gasteiger partial charge in [0.05, 0.1) is 16.9 Å². The van der Waals surface area contributed by atoms with Crippen LogP contribution in [0.2, 0.25) is 5.02 Å². The quantitative estimate of drug-likeness (QED) is 0.916. The van der Waals surface area contributed by atoms with Crippen LogP contribution in [-0.4, -0.2) is 52.0 Å². The standard InChI is InChI=1S/C15H18ClN5O.ClH/c1-17-11-5-4-8-20(9-11)15(22)13-10-21(19-18-13)14-7-3-2-6-12(14)16;/h2-3,6-7,10-11,17H,4-5,8-9H2,1H3;1H. The Hall–Kier alpha value is -1.63. The van der Waals surface area contributed by atoms with Crippen molar-refractivity contribution in [2.45, 2.75) is 18.9 Å². The molecule has 1 N–H and O–H groups in total. The van der Waals surface area contributed by atoms with Gasteiger partial charge in [0.1, 0.15) is 0 Å². The van der Waals surface area contributed by atoms with Crippen LogP contribution in [0, 0.1) is 0 Å². The normalized spacial score (nSPS) is 17.7. The molecule has 0 aliphatic carbocycles. The third-order valence-electron chi connectivity index (χ3n) is 3.93. The van der Waals surface area contributed by atoms with E-state index in [1.54, 1.807) is 12.3 Å². The average Bonchev–Trinajstić information content (AvgIpc) is 3.04. The number of nitrogens with one attached hydrogen (secondary N) is 1. The van der Waals surface area contributed by atoms with Crippen molar-refractivity contribution in [1.29, 1.82) is 0 Å². The maximum absolute atomic E-state index is 12.5. The molecule has 0 saturated carbocycles. The molecule has 0 radical (unpaired) electrons. The van der Waals surface area contributed by atoms with E-state index in [0.717, 1.165) is 19.4 Å². The summed E-state index contributed by atoms with van der Waals surface area (Å²) >= 11 is 6.14. The van der Waals surface area contributed by atoms with Crippen LogP contribution in [0.1, 0.15) is 23.3 Å². The fourth-order valence-electron chi connectivity index (χ4n) is 2.68. The molecule has 3 rings (SSSR count). The van der Waals surface area contributed by atoms with Crippen LogP contribution in [-0.2, 0) is 0 Å². The molecule has 2 aromatic rings. The smallest absolute Gasteiger partial charge is 0.276 e. The lowest BCUT2D eigenvalue weighted by Gasteiger charge is -2.31. The van der Waals surface area contributed by atoms with Crippen LogP contribution >= 0.6 is 24.0 Å². The molecule has 23 heavy (non-hydrogen) atoms. The van der Waals surface area contributed by atoms with Gasteiger partial charge in [-0.2, -0.15) is 0 Å². The second kappa shape index (κ2) is 7.77. The highest BCUT2D eigenvalue weighted by atomic mass is 35.5. The van der Waals surface area contributed by atoms with Crippen molar-refractivity contribution in [3.8, 4) is 5.69 Å². The van der Waals surface area contributed by atoms with E-state index in [1.165, 1.54) is 4.68 Å². The van der Waals surface area contributed by atoms with E-state index >= 15 is 0 Å². The van der Waals surface area contributed by atoms with Gasteiger partial charge in [-0.25, -0.2) is 4.68 Å². The lowest BCUT2D eigenvalue weighted by atomic mass is 10.1. The van der Waals surface area contributed by atoms with Gasteiger partial charge < -0.3 is 10.2 Å². The maximum atomic E-state index is 12.5. The molecule has 6 nitrogen and oxygen atoms in total. The monoisotopic (exact) mass is 355 g/mol. The van der Waals surface area contributed by atoms with Gasteiger partial charge in [-0.3, -0.25) is 4.79 Å². The summed E-state index contributed by atoms with van der Waals surface area (Å²) < 4.78 is 1.54. The summed E-state index contributed by atoms with van der Waals surface area (Å²) in [5.41, 5.74) is 1.05. The number of likely N-dealkylation sites (tertiary alicyclic amines) is 1. The number of carbonyl (C=O) groups is 1. The van der Waals surface area contributed by atoms with Gasteiger partial charge in [0.2, 0.25) is 0 Å². The molecule has 124 valence electrons. The lowest BCUT2D eigenvalue weighted by molar-refractivity contribution is 0.0692. The number of hydrogen-bond acceptors (Lipinski definition) is 4. The molecule has 1 aromatic heterocycles. The Bertz CT molecular complexity index is 675. The summed E-state index contributed by atoms with van der Waals surface area (Å²) in [5, 5.41) is 11.8. The number of hydrogen-bond donors (Lipinski definition) is 1. The molecule has 1 aliphatic heterocycles. The molecule has 1 atom stereocenters. The lowest BCUT2D eigenvalue weighted by Crippen LogP contribution is -2.47. The predicted octanol–water partition coefficient (Wildman–Crippen LogP) is 2.17. The van der Waals surface area contributed by atoms with Gasteiger partial charge in [0, 0.05) is 19.1 Å². The highest BCUT2D eigenvalue weighted by Gasteiger charge is 2.25. The van der Waals surface area contributed by atoms with E-state index in [1.807, 2.05) is 30.1 Å². The van der Waals surface area contributed by atoms with Gasteiger partial charge in [-0.1, -0.05) is 28.9 Å². The van der Waals surface area contributed by atoms with Gasteiger partial charge in [0.15, 0.2) is 5.69 Å². The van der Waals surface area contributed by atoms with Crippen LogP contribution in [0.25, 0.3) is 5.69 Å². The molecule has 1 aliphatic rings. The number of likely N-dealkylation sites (N-methyl/N-ethyl adjacent to an activating group) is 1. The SMILES string of the molecule is CNC1CCCN(C(=O)c2cn(-c3ccccc3Cl)nn2)C1.Cl. The molecule has 8 heteroatoms. The minimum atomic E-state index is -0.0850. The minimum Gasteiger partial charge on any atom is -0.336 e. The number of para-hydroxylation sites is 1. The van der Waals surface area contributed by atoms with E-state index in [0.29, 0.717) is 29.0 Å². The zero-order valence-electron chi connectivity index (χ0n) is 12.8. The number of piperidine rings is 1. The van der Waals surface area contributed by atoms with Gasteiger partial charge >= 0.3 is 0 Å². The highest BCUT2D eigenvalue weighted by molar-refractivity contribution is 6.32. The van der Waals surface area contributed by atoms with Crippen molar-refractivity contribution in [3.63, 3.8) is 0 Å². The van der Waals surface area contributed by atoms with Gasteiger partial charge in [0.25, 0.3) is 5.91 Å². The first kappa shape index (κ1) is 17.7. The molecular weight excluding hydrogens is 337 g/mol. The number of halogens is 2. The molecule has 1 fully saturated rings. The summed E-state index contributed by atoms with van der Waals surface area (Å²) in [4.78, 5) is 14.4. The van der Waals surface area contributed by atoms with Crippen molar-refractivity contribution in [1.82, 2.24) is 25.2 Å². The summed E-state index contributed by atoms with van der Waals surface area (Å²) in [6.07, 6.45) is 3.72. The van der Waals surface area contributed by atoms with Crippen LogP contribution < -0.4 is 5.32 Å². The van der Waals surface area contributed by atoms with Gasteiger partial charge in [-0.15, -0.1) is 17.5 Å². The molecule has 2 heterocycles. The number of aromatic nitrogens is 3. The Balaban J connectivity index is 0.00000192. The third-order valence-corrected chi connectivity index (χ3v) is 4.25. The van der Waals surface area contributed by atoms with Crippen LogP contribution in [0.15, 0.2) is 30.5 Å². The van der Waals surface area contributed by atoms with Crippen molar-refractivity contribution in [3.05, 3.63) is 41.2 Å². The molecule has 1 unspecified atom stereocenters. The first-order chi connectivity index (χ1) is 10.7. The number of rotatable bonds is 3. The summed E-state index contributed by atoms with van der Waals surface area (Å²) in [7, 11) is 1.92. The van der Waals surface area contributed by atoms with Crippen LogP contribution in [0.3, 0.4) is 0 Å². The summed E-state index contributed by atoms with van der Waals surface area (Å²) in [6, 6.07) is 7.68. The Morgan fingerprint density at radius 2 is 2.17 bits per heavy atom. The second-order valence-electron chi connectivity index (χ2n) is 5.38. The Morgan fingerprint density at radius 3 is 2.91 bits per heavy atom. The Morgan fingerprint density at radius 1 is 1.39 bits per heavy atom. The Kier molecular flexibility index (Phi) is 5.98. The van der Waals surface area contributed by atoms with E-state index < -0.39 is 0 Å². The van der Waals surface area contributed by atoms with Crippen LogP contribution in [0.4, 0.5) is 0 Å². The Labute approximate surface area is 146 Å². The van der Waals surface area contributed by atoms with Crippen molar-refractivity contribution in [2.24, 2.45) is 0 Å². The molecule has 1 saturated heterocycles. The molecule has 1 amide bonds. The van der Waals surface area contributed by atoms with Crippen molar-refractivity contribution < 1.29 is 4.79 Å². The average molecular weight is 356 g/mol. The van der Waals surface area contributed by atoms with E-state index in [4.69, 9.17) is 11.6 Å². The molecular formula is C15H19Cl2N5O. The molecule has 1 aromatic carbocycles. The number of carbonyl (C=O) groups excluding carboxylic acids is 1. The second-order valence-corrected chi connectivity index (χ2v) is 5.79. The van der Waals surface area contributed by atoms with E-state index in [-0.39, 0.29) is 18.3 Å². The first-order valence-electron chi connectivity index (χ1n) is 7.33. The minimum absolute atomic E-state index is 0. The largest absolute Gasteiger partial charge is 0.336 e. The zero-order valence-corrected chi connectivity index (χ0v) is 14.3. The van der Waals surface area contributed by atoms with E-state index in [9.17, 15) is 4.79 Å². The number of nitrogens with zero attached hydrogens (tertiary/aromatic N) is 4. The zero-order chi connectivity index (χ0) is 15.5. The molecule has 0 bridgehead atoms. The van der Waals surface area contributed by atoms with Crippen molar-refractivity contribution in [2.75, 3.05) is 20.1 Å².